The van der Waals surface area contributed by atoms with Crippen LogP contribution in [0.15, 0.2) is 47.6 Å². The summed E-state index contributed by atoms with van der Waals surface area (Å²) in [5.41, 5.74) is 1.64. The molecule has 1 aliphatic carbocycles. The van der Waals surface area contributed by atoms with Gasteiger partial charge in [-0.15, -0.1) is 0 Å². The topological polar surface area (TPSA) is 80.2 Å². The molecule has 2 aromatic heterocycles. The molecule has 152 valence electrons. The van der Waals surface area contributed by atoms with Crippen LogP contribution in [0.4, 0.5) is 5.13 Å². The van der Waals surface area contributed by atoms with Crippen LogP contribution in [0, 0.1) is 5.92 Å². The van der Waals surface area contributed by atoms with Gasteiger partial charge in [0.2, 0.25) is 5.91 Å². The van der Waals surface area contributed by atoms with Crippen molar-refractivity contribution in [2.24, 2.45) is 5.92 Å². The summed E-state index contributed by atoms with van der Waals surface area (Å²) in [6.45, 7) is 0.405. The van der Waals surface area contributed by atoms with Crippen LogP contribution in [0.2, 0.25) is 0 Å². The van der Waals surface area contributed by atoms with Crippen molar-refractivity contribution in [3.05, 3.63) is 48.3 Å². The van der Waals surface area contributed by atoms with Gasteiger partial charge in [0, 0.05) is 24.6 Å². The highest BCUT2D eigenvalue weighted by atomic mass is 32.2. The molecule has 8 heteroatoms. The standard InChI is InChI=1S/C21H23N3O3S2/c1-29(26,27)17-9-10-18-19(12-17)28-21(23-18)24(14-15-6-5-11-22-13-15)20(25)16-7-3-2-4-8-16/h5-6,9-13,16H,2-4,7-8,14H2,1H3. The van der Waals surface area contributed by atoms with Gasteiger partial charge in [0.05, 0.1) is 21.7 Å². The Morgan fingerprint density at radius 2 is 2.00 bits per heavy atom. The number of hydrogen-bond donors (Lipinski definition) is 0. The van der Waals surface area contributed by atoms with E-state index in [1.54, 1.807) is 35.5 Å². The molecule has 6 nitrogen and oxygen atoms in total. The number of benzene rings is 1. The zero-order chi connectivity index (χ0) is 20.4. The number of pyridine rings is 1. The number of sulfone groups is 1. The summed E-state index contributed by atoms with van der Waals surface area (Å²) in [7, 11) is -3.30. The van der Waals surface area contributed by atoms with Gasteiger partial charge in [0.15, 0.2) is 15.0 Å². The van der Waals surface area contributed by atoms with Crippen LogP contribution < -0.4 is 4.90 Å². The summed E-state index contributed by atoms with van der Waals surface area (Å²) >= 11 is 1.36. The average Bonchev–Trinajstić information content (AvgIpc) is 3.15. The smallest absolute Gasteiger partial charge is 0.232 e. The van der Waals surface area contributed by atoms with Crippen molar-refractivity contribution in [1.29, 1.82) is 0 Å². The van der Waals surface area contributed by atoms with Gasteiger partial charge in [0.25, 0.3) is 0 Å². The maximum atomic E-state index is 13.4. The maximum Gasteiger partial charge on any atom is 0.232 e. The lowest BCUT2D eigenvalue weighted by molar-refractivity contribution is -0.123. The molecule has 1 amide bonds. The second kappa shape index (κ2) is 8.20. The van der Waals surface area contributed by atoms with Crippen LogP contribution in [-0.2, 0) is 21.2 Å². The first-order valence-electron chi connectivity index (χ1n) is 9.73. The van der Waals surface area contributed by atoms with Gasteiger partial charge in [-0.1, -0.05) is 36.7 Å². The first kappa shape index (κ1) is 20.0. The lowest BCUT2D eigenvalue weighted by Crippen LogP contribution is -2.36. The van der Waals surface area contributed by atoms with Gasteiger partial charge in [-0.3, -0.25) is 14.7 Å². The highest BCUT2D eigenvalue weighted by Crippen LogP contribution is 2.34. The molecule has 1 aliphatic rings. The Labute approximate surface area is 174 Å². The molecule has 29 heavy (non-hydrogen) atoms. The van der Waals surface area contributed by atoms with Crippen LogP contribution in [0.25, 0.3) is 10.2 Å². The fraction of sp³-hybridized carbons (Fsp3) is 0.381. The number of carbonyl (C=O) groups is 1. The average molecular weight is 430 g/mol. The van der Waals surface area contributed by atoms with E-state index in [1.807, 2.05) is 12.1 Å². The molecule has 3 aromatic rings. The van der Waals surface area contributed by atoms with E-state index in [0.29, 0.717) is 17.2 Å². The Bertz CT molecular complexity index is 1120. The summed E-state index contributed by atoms with van der Waals surface area (Å²) in [4.78, 5) is 24.2. The van der Waals surface area contributed by atoms with Crippen molar-refractivity contribution in [2.45, 2.75) is 43.5 Å². The monoisotopic (exact) mass is 429 g/mol. The molecule has 0 atom stereocenters. The van der Waals surface area contributed by atoms with E-state index in [2.05, 4.69) is 9.97 Å². The van der Waals surface area contributed by atoms with Crippen LogP contribution >= 0.6 is 11.3 Å². The van der Waals surface area contributed by atoms with E-state index < -0.39 is 9.84 Å². The van der Waals surface area contributed by atoms with Crippen molar-refractivity contribution in [3.8, 4) is 0 Å². The van der Waals surface area contributed by atoms with Crippen LogP contribution in [0.3, 0.4) is 0 Å². The third kappa shape index (κ3) is 4.48. The number of aromatic nitrogens is 2. The Kier molecular flexibility index (Phi) is 5.65. The van der Waals surface area contributed by atoms with Gasteiger partial charge >= 0.3 is 0 Å². The fourth-order valence-electron chi connectivity index (χ4n) is 3.72. The fourth-order valence-corrected chi connectivity index (χ4v) is 5.45. The van der Waals surface area contributed by atoms with Gasteiger partial charge in [-0.2, -0.15) is 0 Å². The van der Waals surface area contributed by atoms with Gasteiger partial charge in [-0.05, 0) is 42.7 Å². The van der Waals surface area contributed by atoms with Crippen molar-refractivity contribution >= 4 is 42.4 Å². The van der Waals surface area contributed by atoms with E-state index in [9.17, 15) is 13.2 Å². The number of carbonyl (C=O) groups excluding carboxylic acids is 1. The Hall–Kier alpha value is -2.32. The number of anilines is 1. The predicted molar refractivity (Wildman–Crippen MR) is 115 cm³/mol. The number of nitrogens with zero attached hydrogens (tertiary/aromatic N) is 3. The lowest BCUT2D eigenvalue weighted by Gasteiger charge is -2.27. The largest absolute Gasteiger partial charge is 0.283 e. The van der Waals surface area contributed by atoms with Crippen LogP contribution in [0.5, 0.6) is 0 Å². The molecule has 1 fully saturated rings. The molecular weight excluding hydrogens is 406 g/mol. The number of amides is 1. The minimum Gasteiger partial charge on any atom is -0.283 e. The molecule has 0 unspecified atom stereocenters. The minimum atomic E-state index is -3.30. The van der Waals surface area contributed by atoms with E-state index in [0.717, 1.165) is 35.9 Å². The van der Waals surface area contributed by atoms with Crippen LogP contribution in [0.1, 0.15) is 37.7 Å². The third-order valence-electron chi connectivity index (χ3n) is 5.29. The molecule has 2 heterocycles. The second-order valence-electron chi connectivity index (χ2n) is 7.52. The van der Waals surface area contributed by atoms with Gasteiger partial charge in [0.1, 0.15) is 0 Å². The summed E-state index contributed by atoms with van der Waals surface area (Å²) in [6.07, 6.45) is 9.82. The summed E-state index contributed by atoms with van der Waals surface area (Å²) in [5, 5.41) is 0.602. The van der Waals surface area contributed by atoms with Crippen molar-refractivity contribution < 1.29 is 13.2 Å². The van der Waals surface area contributed by atoms with E-state index in [-0.39, 0.29) is 16.7 Å². The molecule has 4 rings (SSSR count). The minimum absolute atomic E-state index is 0.0130. The first-order valence-corrected chi connectivity index (χ1v) is 12.4. The zero-order valence-corrected chi connectivity index (χ0v) is 17.9. The molecule has 1 aromatic carbocycles. The molecule has 0 bridgehead atoms. The number of hydrogen-bond acceptors (Lipinski definition) is 6. The molecule has 0 aliphatic heterocycles. The molecule has 0 saturated heterocycles. The predicted octanol–water partition coefficient (Wildman–Crippen LogP) is 4.21. The lowest BCUT2D eigenvalue weighted by atomic mass is 9.88. The SMILES string of the molecule is CS(=O)(=O)c1ccc2nc(N(Cc3cccnc3)C(=O)C3CCCCC3)sc2c1. The normalized spacial score (nSPS) is 15.5. The Morgan fingerprint density at radius 1 is 1.21 bits per heavy atom. The van der Waals surface area contributed by atoms with E-state index in [1.165, 1.54) is 24.0 Å². The number of rotatable bonds is 5. The van der Waals surface area contributed by atoms with Crippen molar-refractivity contribution in [1.82, 2.24) is 9.97 Å². The molecule has 0 N–H and O–H groups in total. The maximum absolute atomic E-state index is 13.4. The van der Waals surface area contributed by atoms with E-state index in [4.69, 9.17) is 0 Å². The zero-order valence-electron chi connectivity index (χ0n) is 16.2. The summed E-state index contributed by atoms with van der Waals surface area (Å²) < 4.78 is 24.5. The van der Waals surface area contributed by atoms with E-state index >= 15 is 0 Å². The number of fused-ring (bicyclic) bond motifs is 1. The van der Waals surface area contributed by atoms with Gasteiger partial charge < -0.3 is 0 Å². The molecule has 0 spiro atoms. The molecular formula is C21H23N3O3S2. The highest BCUT2D eigenvalue weighted by molar-refractivity contribution is 7.90. The Morgan fingerprint density at radius 3 is 2.69 bits per heavy atom. The van der Waals surface area contributed by atoms with Gasteiger partial charge in [-0.25, -0.2) is 13.4 Å². The first-order chi connectivity index (χ1) is 13.9. The number of thiazole rings is 1. The highest BCUT2D eigenvalue weighted by Gasteiger charge is 2.29. The van der Waals surface area contributed by atoms with Crippen molar-refractivity contribution in [3.63, 3.8) is 0 Å². The summed E-state index contributed by atoms with van der Waals surface area (Å²) in [5.74, 6) is 0.106. The summed E-state index contributed by atoms with van der Waals surface area (Å²) in [6, 6.07) is 8.71. The third-order valence-corrected chi connectivity index (χ3v) is 7.44. The van der Waals surface area contributed by atoms with Crippen LogP contribution in [-0.4, -0.2) is 30.5 Å². The molecule has 1 saturated carbocycles. The Balaban J connectivity index is 1.72. The van der Waals surface area contributed by atoms with Crippen molar-refractivity contribution in [2.75, 3.05) is 11.2 Å². The quantitative estimate of drug-likeness (QED) is 0.607. The second-order valence-corrected chi connectivity index (χ2v) is 10.5. The molecule has 0 radical (unpaired) electrons.